The Bertz CT molecular complexity index is 118. The van der Waals surface area contributed by atoms with E-state index in [2.05, 4.69) is 20.9 Å². The molecule has 0 atom stereocenters. The fourth-order valence-corrected chi connectivity index (χ4v) is 1.47. The molecule has 0 spiro atoms. The van der Waals surface area contributed by atoms with E-state index in [0.29, 0.717) is 13.1 Å². The highest BCUT2D eigenvalue weighted by molar-refractivity contribution is 4.66. The van der Waals surface area contributed by atoms with E-state index in [-0.39, 0.29) is 0 Å². The fourth-order valence-electron chi connectivity index (χ4n) is 1.47. The van der Waals surface area contributed by atoms with Crippen LogP contribution in [-0.2, 0) is 0 Å². The average Bonchev–Trinajstić information content (AvgIpc) is 2.25. The zero-order valence-corrected chi connectivity index (χ0v) is 8.71. The Morgan fingerprint density at radius 2 is 1.14 bits per heavy atom. The van der Waals surface area contributed by atoms with Gasteiger partial charge in [0.2, 0.25) is 0 Å². The molecule has 6 nitrogen and oxygen atoms in total. The van der Waals surface area contributed by atoms with E-state index in [1.807, 2.05) is 0 Å². The van der Waals surface area contributed by atoms with Crippen LogP contribution in [0.3, 0.4) is 0 Å². The Balaban J connectivity index is 2.05. The van der Waals surface area contributed by atoms with Crippen LogP contribution in [0.2, 0.25) is 0 Å². The lowest BCUT2D eigenvalue weighted by atomic mass is 10.4. The zero-order chi connectivity index (χ0) is 10.2. The van der Waals surface area contributed by atoms with Gasteiger partial charge in [0.05, 0.1) is 0 Å². The molecule has 14 heavy (non-hydrogen) atoms. The highest BCUT2D eigenvalue weighted by Gasteiger charge is 2.14. The first-order valence-corrected chi connectivity index (χ1v) is 5.24. The Morgan fingerprint density at radius 1 is 0.786 bits per heavy atom. The molecule has 1 rings (SSSR count). The molecule has 0 aliphatic carbocycles. The van der Waals surface area contributed by atoms with Crippen molar-refractivity contribution in [2.24, 2.45) is 11.5 Å². The largest absolute Gasteiger partial charge is 0.329 e. The molecule has 1 aliphatic rings. The van der Waals surface area contributed by atoms with Crippen LogP contribution < -0.4 is 22.3 Å². The number of hydrogen-bond donors (Lipinski definition) is 4. The lowest BCUT2D eigenvalue weighted by molar-refractivity contribution is 0.0603. The van der Waals surface area contributed by atoms with Gasteiger partial charge in [-0.25, -0.2) is 10.0 Å². The molecule has 0 aromatic heterocycles. The normalized spacial score (nSPS) is 20.1. The van der Waals surface area contributed by atoms with Crippen LogP contribution >= 0.6 is 0 Å². The number of nitrogens with two attached hydrogens (primary N) is 2. The Labute approximate surface area is 85.5 Å². The molecule has 0 radical (unpaired) electrons. The van der Waals surface area contributed by atoms with Gasteiger partial charge in [-0.1, -0.05) is 0 Å². The molecule has 0 aromatic carbocycles. The van der Waals surface area contributed by atoms with Crippen molar-refractivity contribution in [1.82, 2.24) is 20.9 Å². The summed E-state index contributed by atoms with van der Waals surface area (Å²) >= 11 is 0. The smallest absolute Gasteiger partial charge is 0.0273 e. The van der Waals surface area contributed by atoms with Crippen molar-refractivity contribution >= 4 is 0 Å². The number of nitrogens with one attached hydrogen (secondary N) is 2. The van der Waals surface area contributed by atoms with Crippen molar-refractivity contribution in [1.29, 1.82) is 0 Å². The topological polar surface area (TPSA) is 82.6 Å². The van der Waals surface area contributed by atoms with E-state index in [4.69, 9.17) is 11.5 Å². The average molecular weight is 202 g/mol. The predicted octanol–water partition coefficient (Wildman–Crippen LogP) is -2.47. The first kappa shape index (κ1) is 11.8. The SMILES string of the molecule is NCCNN1CCN(NCCN)CC1. The molecule has 6 heteroatoms. The van der Waals surface area contributed by atoms with Gasteiger partial charge in [-0.05, 0) is 0 Å². The molecule has 1 aliphatic heterocycles. The number of piperazine rings is 1. The van der Waals surface area contributed by atoms with E-state index in [0.717, 1.165) is 39.3 Å². The van der Waals surface area contributed by atoms with Gasteiger partial charge in [0.15, 0.2) is 0 Å². The first-order valence-electron chi connectivity index (χ1n) is 5.24. The molecule has 0 bridgehead atoms. The third-order valence-corrected chi connectivity index (χ3v) is 2.24. The summed E-state index contributed by atoms with van der Waals surface area (Å²) in [5, 5.41) is 4.43. The number of hydrazine groups is 2. The van der Waals surface area contributed by atoms with Crippen molar-refractivity contribution in [3.8, 4) is 0 Å². The molecule has 84 valence electrons. The van der Waals surface area contributed by atoms with E-state index < -0.39 is 0 Å². The van der Waals surface area contributed by atoms with E-state index in [9.17, 15) is 0 Å². The van der Waals surface area contributed by atoms with Crippen LogP contribution in [0.15, 0.2) is 0 Å². The Hall–Kier alpha value is -0.240. The maximum Gasteiger partial charge on any atom is 0.0273 e. The van der Waals surface area contributed by atoms with E-state index in [1.165, 1.54) is 0 Å². The molecule has 1 fully saturated rings. The van der Waals surface area contributed by atoms with Crippen molar-refractivity contribution in [2.75, 3.05) is 52.4 Å². The highest BCUT2D eigenvalue weighted by atomic mass is 15.6. The highest BCUT2D eigenvalue weighted by Crippen LogP contribution is 1.94. The van der Waals surface area contributed by atoms with Crippen molar-refractivity contribution in [3.05, 3.63) is 0 Å². The second-order valence-electron chi connectivity index (χ2n) is 3.37. The van der Waals surface area contributed by atoms with Gasteiger partial charge in [-0.2, -0.15) is 0 Å². The molecular formula is C8H22N6. The fraction of sp³-hybridized carbons (Fsp3) is 1.00. The van der Waals surface area contributed by atoms with Crippen LogP contribution in [0, 0.1) is 0 Å². The molecule has 0 aromatic rings. The Kier molecular flexibility index (Phi) is 6.00. The van der Waals surface area contributed by atoms with Crippen LogP contribution in [0.25, 0.3) is 0 Å². The number of hydrogen-bond acceptors (Lipinski definition) is 6. The van der Waals surface area contributed by atoms with Gasteiger partial charge in [0, 0.05) is 52.4 Å². The molecule has 0 saturated carbocycles. The van der Waals surface area contributed by atoms with Crippen LogP contribution in [0.1, 0.15) is 0 Å². The summed E-state index contributed by atoms with van der Waals surface area (Å²) in [5.41, 5.74) is 17.4. The van der Waals surface area contributed by atoms with Crippen LogP contribution in [0.5, 0.6) is 0 Å². The quantitative estimate of drug-likeness (QED) is 0.382. The summed E-state index contributed by atoms with van der Waals surface area (Å²) in [6, 6.07) is 0. The number of nitrogens with zero attached hydrogens (tertiary/aromatic N) is 2. The van der Waals surface area contributed by atoms with Gasteiger partial charge in [0.1, 0.15) is 0 Å². The third kappa shape index (κ3) is 4.32. The summed E-state index contributed by atoms with van der Waals surface area (Å²) in [5.74, 6) is 0. The standard InChI is InChI=1S/C8H22N6/c9-1-3-11-13-5-7-14(8-6-13)12-4-2-10/h11-12H,1-10H2. The first-order chi connectivity index (χ1) is 6.86. The third-order valence-electron chi connectivity index (χ3n) is 2.24. The summed E-state index contributed by atoms with van der Waals surface area (Å²) in [4.78, 5) is 0. The summed E-state index contributed by atoms with van der Waals surface area (Å²) < 4.78 is 0. The van der Waals surface area contributed by atoms with E-state index >= 15 is 0 Å². The Morgan fingerprint density at radius 3 is 1.43 bits per heavy atom. The minimum Gasteiger partial charge on any atom is -0.329 e. The van der Waals surface area contributed by atoms with Crippen molar-refractivity contribution in [3.63, 3.8) is 0 Å². The van der Waals surface area contributed by atoms with Crippen LogP contribution in [0.4, 0.5) is 0 Å². The molecule has 6 N–H and O–H groups in total. The van der Waals surface area contributed by atoms with Crippen molar-refractivity contribution in [2.45, 2.75) is 0 Å². The number of rotatable bonds is 6. The van der Waals surface area contributed by atoms with Gasteiger partial charge in [-0.3, -0.25) is 10.9 Å². The minimum atomic E-state index is 0.686. The van der Waals surface area contributed by atoms with Gasteiger partial charge in [0.25, 0.3) is 0 Å². The summed E-state index contributed by atoms with van der Waals surface area (Å²) in [7, 11) is 0. The molecule has 1 heterocycles. The minimum absolute atomic E-state index is 0.686. The lowest BCUT2D eigenvalue weighted by Gasteiger charge is -2.34. The molecule has 0 unspecified atom stereocenters. The summed E-state index contributed by atoms with van der Waals surface area (Å²) in [6.45, 7) is 7.19. The maximum absolute atomic E-state index is 5.41. The predicted molar refractivity (Wildman–Crippen MR) is 57.3 cm³/mol. The van der Waals surface area contributed by atoms with Crippen LogP contribution in [-0.4, -0.2) is 62.4 Å². The van der Waals surface area contributed by atoms with Crippen molar-refractivity contribution < 1.29 is 0 Å². The second kappa shape index (κ2) is 7.10. The molecular weight excluding hydrogens is 180 g/mol. The van der Waals surface area contributed by atoms with Gasteiger partial charge in [-0.15, -0.1) is 0 Å². The maximum atomic E-state index is 5.41. The summed E-state index contributed by atoms with van der Waals surface area (Å²) in [6.07, 6.45) is 0. The van der Waals surface area contributed by atoms with E-state index in [1.54, 1.807) is 0 Å². The zero-order valence-electron chi connectivity index (χ0n) is 8.71. The van der Waals surface area contributed by atoms with Gasteiger partial charge >= 0.3 is 0 Å². The molecule has 1 saturated heterocycles. The molecule has 0 amide bonds. The second-order valence-corrected chi connectivity index (χ2v) is 3.37. The monoisotopic (exact) mass is 202 g/mol. The lowest BCUT2D eigenvalue weighted by Crippen LogP contribution is -2.56. The van der Waals surface area contributed by atoms with Gasteiger partial charge < -0.3 is 11.5 Å².